The lowest BCUT2D eigenvalue weighted by Crippen LogP contribution is -2.14. The van der Waals surface area contributed by atoms with Crippen LogP contribution in [0, 0.1) is 20.8 Å². The fourth-order valence-corrected chi connectivity index (χ4v) is 3.64. The van der Waals surface area contributed by atoms with Gasteiger partial charge in [-0.05, 0) is 61.7 Å². The van der Waals surface area contributed by atoms with Crippen molar-refractivity contribution in [1.82, 2.24) is 4.98 Å². The summed E-state index contributed by atoms with van der Waals surface area (Å²) >= 11 is 0. The molecule has 0 fully saturated rings. The largest absolute Gasteiger partial charge is 0.380 e. The van der Waals surface area contributed by atoms with Crippen molar-refractivity contribution in [3.8, 4) is 0 Å². The van der Waals surface area contributed by atoms with Gasteiger partial charge in [0.2, 0.25) is 0 Å². The minimum absolute atomic E-state index is 0.231. The molecule has 0 aliphatic rings. The van der Waals surface area contributed by atoms with Crippen molar-refractivity contribution in [1.29, 1.82) is 0 Å². The molecule has 0 saturated heterocycles. The van der Waals surface area contributed by atoms with E-state index in [9.17, 15) is 8.42 Å². The Morgan fingerprint density at radius 1 is 0.889 bits per heavy atom. The third-order valence-corrected chi connectivity index (χ3v) is 5.76. The van der Waals surface area contributed by atoms with Crippen molar-refractivity contribution in [2.45, 2.75) is 32.2 Å². The Bertz CT molecular complexity index is 1030. The first-order chi connectivity index (χ1) is 12.8. The lowest BCUT2D eigenvalue weighted by molar-refractivity contribution is 0.601. The van der Waals surface area contributed by atoms with Crippen LogP contribution in [-0.2, 0) is 16.6 Å². The van der Waals surface area contributed by atoms with Gasteiger partial charge in [0.05, 0.1) is 16.8 Å². The van der Waals surface area contributed by atoms with Gasteiger partial charge in [-0.15, -0.1) is 0 Å². The van der Waals surface area contributed by atoms with Crippen molar-refractivity contribution < 1.29 is 8.42 Å². The highest BCUT2D eigenvalue weighted by Gasteiger charge is 2.15. The van der Waals surface area contributed by atoms with Crippen LogP contribution in [0.25, 0.3) is 0 Å². The van der Waals surface area contributed by atoms with Gasteiger partial charge >= 0.3 is 0 Å². The average Bonchev–Trinajstić information content (AvgIpc) is 2.64. The Labute approximate surface area is 160 Å². The highest BCUT2D eigenvalue weighted by Crippen LogP contribution is 2.19. The Morgan fingerprint density at radius 3 is 2.26 bits per heavy atom. The van der Waals surface area contributed by atoms with Crippen molar-refractivity contribution in [2.75, 3.05) is 10.0 Å². The Kier molecular flexibility index (Phi) is 5.46. The van der Waals surface area contributed by atoms with Gasteiger partial charge in [-0.3, -0.25) is 4.72 Å². The molecule has 2 N–H and O–H groups in total. The van der Waals surface area contributed by atoms with Crippen molar-refractivity contribution in [2.24, 2.45) is 0 Å². The van der Waals surface area contributed by atoms with Gasteiger partial charge in [-0.2, -0.15) is 0 Å². The van der Waals surface area contributed by atoms with Crippen LogP contribution in [0.15, 0.2) is 65.7 Å². The van der Waals surface area contributed by atoms with E-state index >= 15 is 0 Å². The molecule has 5 nitrogen and oxygen atoms in total. The van der Waals surface area contributed by atoms with Gasteiger partial charge in [0.25, 0.3) is 10.0 Å². The zero-order chi connectivity index (χ0) is 19.4. The number of aromatic nitrogens is 1. The number of hydrogen-bond donors (Lipinski definition) is 2. The number of sulfonamides is 1. The van der Waals surface area contributed by atoms with E-state index in [1.54, 1.807) is 36.5 Å². The van der Waals surface area contributed by atoms with Crippen LogP contribution in [0.1, 0.15) is 22.3 Å². The first-order valence-corrected chi connectivity index (χ1v) is 10.2. The number of aryl methyl sites for hydroxylation is 3. The summed E-state index contributed by atoms with van der Waals surface area (Å²) < 4.78 is 27.6. The maximum Gasteiger partial charge on any atom is 0.263 e. The molecule has 0 bridgehead atoms. The molecule has 1 aromatic heterocycles. The van der Waals surface area contributed by atoms with Crippen LogP contribution in [0.5, 0.6) is 0 Å². The highest BCUT2D eigenvalue weighted by atomic mass is 32.2. The molecule has 140 valence electrons. The molecule has 0 unspecified atom stereocenters. The van der Waals surface area contributed by atoms with E-state index in [4.69, 9.17) is 0 Å². The summed E-state index contributed by atoms with van der Waals surface area (Å²) in [5.41, 5.74) is 5.20. The normalized spacial score (nSPS) is 11.2. The Hall–Kier alpha value is -2.86. The summed E-state index contributed by atoms with van der Waals surface area (Å²) in [4.78, 5) is 4.43. The number of rotatable bonds is 6. The lowest BCUT2D eigenvalue weighted by atomic mass is 10.1. The van der Waals surface area contributed by atoms with Gasteiger partial charge in [-0.25, -0.2) is 13.4 Å². The highest BCUT2D eigenvalue weighted by molar-refractivity contribution is 7.92. The molecular weight excluding hydrogens is 358 g/mol. The minimum Gasteiger partial charge on any atom is -0.380 e. The zero-order valence-corrected chi connectivity index (χ0v) is 16.5. The van der Waals surface area contributed by atoms with Crippen LogP contribution in [0.2, 0.25) is 0 Å². The van der Waals surface area contributed by atoms with Crippen LogP contribution < -0.4 is 10.0 Å². The van der Waals surface area contributed by atoms with E-state index in [2.05, 4.69) is 46.2 Å². The third kappa shape index (κ3) is 4.86. The van der Waals surface area contributed by atoms with Crippen LogP contribution in [-0.4, -0.2) is 13.4 Å². The molecule has 0 spiro atoms. The Balaban J connectivity index is 1.66. The molecule has 1 heterocycles. The summed E-state index contributed by atoms with van der Waals surface area (Å²) in [5, 5.41) is 3.28. The van der Waals surface area contributed by atoms with Gasteiger partial charge in [0.1, 0.15) is 5.82 Å². The molecule has 2 aromatic carbocycles. The molecular formula is C21H23N3O2S. The van der Waals surface area contributed by atoms with Crippen LogP contribution in [0.4, 0.5) is 11.5 Å². The summed E-state index contributed by atoms with van der Waals surface area (Å²) in [6.07, 6.45) is 1.62. The number of hydrogen-bond acceptors (Lipinski definition) is 4. The molecule has 6 heteroatoms. The van der Waals surface area contributed by atoms with E-state index < -0.39 is 10.0 Å². The van der Waals surface area contributed by atoms with E-state index in [1.807, 2.05) is 13.8 Å². The number of anilines is 2. The molecule has 3 rings (SSSR count). The monoisotopic (exact) mass is 381 g/mol. The second-order valence-corrected chi connectivity index (χ2v) is 8.31. The van der Waals surface area contributed by atoms with Crippen molar-refractivity contribution in [3.63, 3.8) is 0 Å². The van der Waals surface area contributed by atoms with Crippen molar-refractivity contribution in [3.05, 3.63) is 83.0 Å². The Morgan fingerprint density at radius 2 is 1.63 bits per heavy atom. The predicted octanol–water partition coefficient (Wildman–Crippen LogP) is 4.42. The topological polar surface area (TPSA) is 71.1 Å². The molecule has 0 atom stereocenters. The first kappa shape index (κ1) is 18.9. The lowest BCUT2D eigenvalue weighted by Gasteiger charge is -2.10. The molecule has 0 radical (unpaired) electrons. The maximum atomic E-state index is 12.5. The van der Waals surface area contributed by atoms with E-state index in [-0.39, 0.29) is 10.7 Å². The number of nitrogens with zero attached hydrogens (tertiary/aromatic N) is 1. The minimum atomic E-state index is -3.66. The standard InChI is InChI=1S/C21H23N3O2S/c1-15-4-7-18(8-5-15)13-22-19-9-11-21(23-14-19)24-27(25,26)20-10-6-16(2)17(3)12-20/h4-12,14,22H,13H2,1-3H3,(H,23,24). The van der Waals surface area contributed by atoms with E-state index in [0.29, 0.717) is 6.54 Å². The van der Waals surface area contributed by atoms with Gasteiger partial charge in [0.15, 0.2) is 0 Å². The van der Waals surface area contributed by atoms with E-state index in [1.165, 1.54) is 11.1 Å². The molecule has 27 heavy (non-hydrogen) atoms. The summed E-state index contributed by atoms with van der Waals surface area (Å²) in [5.74, 6) is 0.286. The zero-order valence-electron chi connectivity index (χ0n) is 15.7. The first-order valence-electron chi connectivity index (χ1n) is 8.69. The van der Waals surface area contributed by atoms with Gasteiger partial charge in [0, 0.05) is 6.54 Å². The molecule has 0 saturated carbocycles. The third-order valence-electron chi connectivity index (χ3n) is 4.41. The number of pyridine rings is 1. The second kappa shape index (κ2) is 7.80. The number of benzene rings is 2. The fraction of sp³-hybridized carbons (Fsp3) is 0.190. The molecule has 0 amide bonds. The molecule has 0 aliphatic carbocycles. The van der Waals surface area contributed by atoms with E-state index in [0.717, 1.165) is 16.8 Å². The average molecular weight is 382 g/mol. The summed E-state index contributed by atoms with van der Waals surface area (Å²) in [6, 6.07) is 16.8. The summed E-state index contributed by atoms with van der Waals surface area (Å²) in [7, 11) is -3.66. The molecule has 0 aliphatic heterocycles. The summed E-state index contributed by atoms with van der Waals surface area (Å²) in [6.45, 7) is 6.57. The maximum absolute atomic E-state index is 12.5. The second-order valence-electron chi connectivity index (χ2n) is 6.62. The quantitative estimate of drug-likeness (QED) is 0.663. The smallest absolute Gasteiger partial charge is 0.263 e. The predicted molar refractivity (Wildman–Crippen MR) is 109 cm³/mol. The van der Waals surface area contributed by atoms with Gasteiger partial charge in [-0.1, -0.05) is 35.9 Å². The van der Waals surface area contributed by atoms with Crippen LogP contribution in [0.3, 0.4) is 0 Å². The molecule has 3 aromatic rings. The fourth-order valence-electron chi connectivity index (χ4n) is 2.55. The van der Waals surface area contributed by atoms with Crippen LogP contribution >= 0.6 is 0 Å². The van der Waals surface area contributed by atoms with Crippen molar-refractivity contribution >= 4 is 21.5 Å². The number of nitrogens with one attached hydrogen (secondary N) is 2. The SMILES string of the molecule is Cc1ccc(CNc2ccc(NS(=O)(=O)c3ccc(C)c(C)c3)nc2)cc1. The van der Waals surface area contributed by atoms with Gasteiger partial charge < -0.3 is 5.32 Å².